The Balaban J connectivity index is 1.35. The molecule has 3 aromatic rings. The van der Waals surface area contributed by atoms with Gasteiger partial charge >= 0.3 is 0 Å². The Hall–Kier alpha value is -3.12. The number of hydrogen-bond donors (Lipinski definition) is 2. The molecule has 0 saturated carbocycles. The lowest BCUT2D eigenvalue weighted by Crippen LogP contribution is -2.39. The van der Waals surface area contributed by atoms with E-state index in [4.69, 9.17) is 4.74 Å². The van der Waals surface area contributed by atoms with Crippen LogP contribution in [0.3, 0.4) is 0 Å². The predicted molar refractivity (Wildman–Crippen MR) is 122 cm³/mol. The molecule has 0 aliphatic heterocycles. The Morgan fingerprint density at radius 3 is 2.53 bits per heavy atom. The van der Waals surface area contributed by atoms with Crippen molar-refractivity contribution < 1.29 is 4.74 Å². The standard InChI is InChI=1S/C24H31N5O/c1-25-24(26-15-9-10-16-30-19-20-11-5-3-6-12-20)29(2)18-23-27-17-22(28-23)21-13-7-4-8-14-21/h3-8,11-14,17H,9-10,15-16,18-19H2,1-2H3,(H,25,26)(H,27,28). The van der Waals surface area contributed by atoms with Gasteiger partial charge in [-0.2, -0.15) is 0 Å². The molecule has 158 valence electrons. The van der Waals surface area contributed by atoms with Gasteiger partial charge in [-0.3, -0.25) is 4.99 Å². The third kappa shape index (κ3) is 6.74. The number of unbranched alkanes of at least 4 members (excludes halogenated alkanes) is 1. The van der Waals surface area contributed by atoms with Crippen molar-refractivity contribution in [1.82, 2.24) is 20.2 Å². The summed E-state index contributed by atoms with van der Waals surface area (Å²) in [7, 11) is 3.82. The Labute approximate surface area is 179 Å². The first-order valence-electron chi connectivity index (χ1n) is 10.4. The van der Waals surface area contributed by atoms with Gasteiger partial charge < -0.3 is 19.9 Å². The second-order valence-electron chi connectivity index (χ2n) is 7.18. The van der Waals surface area contributed by atoms with Gasteiger partial charge in [0.1, 0.15) is 5.82 Å². The molecule has 2 N–H and O–H groups in total. The fourth-order valence-electron chi connectivity index (χ4n) is 3.19. The molecule has 2 aromatic carbocycles. The van der Waals surface area contributed by atoms with E-state index in [9.17, 15) is 0 Å². The first kappa shape index (κ1) is 21.6. The molecular formula is C24H31N5O. The molecule has 0 aliphatic rings. The zero-order valence-corrected chi connectivity index (χ0v) is 17.8. The van der Waals surface area contributed by atoms with Crippen molar-refractivity contribution in [2.24, 2.45) is 4.99 Å². The van der Waals surface area contributed by atoms with E-state index in [2.05, 4.69) is 49.4 Å². The van der Waals surface area contributed by atoms with Crippen LogP contribution in [0.2, 0.25) is 0 Å². The first-order chi connectivity index (χ1) is 14.8. The lowest BCUT2D eigenvalue weighted by molar-refractivity contribution is 0.117. The number of aromatic amines is 1. The molecule has 0 aliphatic carbocycles. The molecule has 30 heavy (non-hydrogen) atoms. The summed E-state index contributed by atoms with van der Waals surface area (Å²) in [4.78, 5) is 14.3. The van der Waals surface area contributed by atoms with E-state index in [0.717, 1.165) is 49.0 Å². The number of hydrogen-bond acceptors (Lipinski definition) is 3. The van der Waals surface area contributed by atoms with Crippen LogP contribution in [0.1, 0.15) is 24.2 Å². The van der Waals surface area contributed by atoms with Gasteiger partial charge in [-0.25, -0.2) is 4.98 Å². The van der Waals surface area contributed by atoms with Crippen LogP contribution in [0.25, 0.3) is 11.3 Å². The smallest absolute Gasteiger partial charge is 0.193 e. The second kappa shape index (κ2) is 11.8. The molecule has 0 unspecified atom stereocenters. The van der Waals surface area contributed by atoms with Gasteiger partial charge in [-0.05, 0) is 24.0 Å². The van der Waals surface area contributed by atoms with Crippen LogP contribution >= 0.6 is 0 Å². The summed E-state index contributed by atoms with van der Waals surface area (Å²) in [5.41, 5.74) is 3.37. The first-order valence-corrected chi connectivity index (χ1v) is 10.4. The number of nitrogens with zero attached hydrogens (tertiary/aromatic N) is 3. The quantitative estimate of drug-likeness (QED) is 0.303. The Bertz CT molecular complexity index is 892. The molecule has 0 saturated heterocycles. The molecule has 3 rings (SSSR count). The van der Waals surface area contributed by atoms with Crippen molar-refractivity contribution in [3.8, 4) is 11.3 Å². The van der Waals surface area contributed by atoms with Crippen LogP contribution in [0, 0.1) is 0 Å². The molecule has 0 spiro atoms. The van der Waals surface area contributed by atoms with Crippen molar-refractivity contribution in [3.05, 3.63) is 78.2 Å². The maximum absolute atomic E-state index is 5.74. The van der Waals surface area contributed by atoms with Gasteiger partial charge in [0.2, 0.25) is 0 Å². The summed E-state index contributed by atoms with van der Waals surface area (Å²) >= 11 is 0. The second-order valence-corrected chi connectivity index (χ2v) is 7.18. The average molecular weight is 406 g/mol. The maximum atomic E-state index is 5.74. The van der Waals surface area contributed by atoms with Crippen molar-refractivity contribution in [3.63, 3.8) is 0 Å². The van der Waals surface area contributed by atoms with Crippen molar-refractivity contribution >= 4 is 5.96 Å². The van der Waals surface area contributed by atoms with Crippen LogP contribution in [-0.2, 0) is 17.9 Å². The predicted octanol–water partition coefficient (Wildman–Crippen LogP) is 4.08. The summed E-state index contributed by atoms with van der Waals surface area (Å²) in [6, 6.07) is 20.5. The minimum Gasteiger partial charge on any atom is -0.377 e. The summed E-state index contributed by atoms with van der Waals surface area (Å²) in [6.07, 6.45) is 3.92. The number of nitrogens with one attached hydrogen (secondary N) is 2. The topological polar surface area (TPSA) is 65.5 Å². The zero-order chi connectivity index (χ0) is 21.0. The van der Waals surface area contributed by atoms with E-state index in [1.165, 1.54) is 5.56 Å². The van der Waals surface area contributed by atoms with Gasteiger partial charge in [0.25, 0.3) is 0 Å². The van der Waals surface area contributed by atoms with E-state index in [1.807, 2.05) is 49.6 Å². The molecule has 0 fully saturated rings. The molecule has 0 atom stereocenters. The number of guanidine groups is 1. The van der Waals surface area contributed by atoms with Crippen molar-refractivity contribution in [1.29, 1.82) is 0 Å². The zero-order valence-electron chi connectivity index (χ0n) is 17.8. The van der Waals surface area contributed by atoms with Gasteiger partial charge in [0, 0.05) is 27.2 Å². The number of imidazole rings is 1. The third-order valence-electron chi connectivity index (χ3n) is 4.78. The molecule has 1 heterocycles. The Morgan fingerprint density at radius 2 is 1.80 bits per heavy atom. The summed E-state index contributed by atoms with van der Waals surface area (Å²) in [5.74, 6) is 1.77. The summed E-state index contributed by atoms with van der Waals surface area (Å²) < 4.78 is 5.74. The lowest BCUT2D eigenvalue weighted by Gasteiger charge is -2.21. The highest BCUT2D eigenvalue weighted by atomic mass is 16.5. The van der Waals surface area contributed by atoms with Crippen LogP contribution in [0.4, 0.5) is 0 Å². The lowest BCUT2D eigenvalue weighted by atomic mass is 10.2. The number of aromatic nitrogens is 2. The SMILES string of the molecule is CN=C(NCCCCOCc1ccccc1)N(C)Cc1ncc(-c2ccccc2)[nH]1. The number of rotatable bonds is 10. The van der Waals surface area contributed by atoms with Gasteiger partial charge in [0.15, 0.2) is 5.96 Å². The number of H-pyrrole nitrogens is 1. The van der Waals surface area contributed by atoms with Crippen LogP contribution in [0.15, 0.2) is 71.9 Å². The minimum atomic E-state index is 0.659. The van der Waals surface area contributed by atoms with E-state index < -0.39 is 0 Å². The Kier molecular flexibility index (Phi) is 8.47. The number of aliphatic imine (C=N–C) groups is 1. The van der Waals surface area contributed by atoms with Crippen LogP contribution in [0.5, 0.6) is 0 Å². The summed E-state index contributed by atoms with van der Waals surface area (Å²) in [6.45, 7) is 2.96. The van der Waals surface area contributed by atoms with E-state index in [-0.39, 0.29) is 0 Å². The highest BCUT2D eigenvalue weighted by molar-refractivity contribution is 5.79. The van der Waals surface area contributed by atoms with Gasteiger partial charge in [0.05, 0.1) is 25.0 Å². The van der Waals surface area contributed by atoms with Crippen molar-refractivity contribution in [2.45, 2.75) is 26.0 Å². The molecule has 6 nitrogen and oxygen atoms in total. The maximum Gasteiger partial charge on any atom is 0.193 e. The van der Waals surface area contributed by atoms with E-state index in [1.54, 1.807) is 7.05 Å². The Morgan fingerprint density at radius 1 is 1.07 bits per heavy atom. The highest BCUT2D eigenvalue weighted by Crippen LogP contribution is 2.16. The number of ether oxygens (including phenoxy) is 1. The fourth-order valence-corrected chi connectivity index (χ4v) is 3.19. The minimum absolute atomic E-state index is 0.659. The molecule has 0 radical (unpaired) electrons. The molecule has 1 aromatic heterocycles. The largest absolute Gasteiger partial charge is 0.377 e. The van der Waals surface area contributed by atoms with Crippen LogP contribution < -0.4 is 5.32 Å². The summed E-state index contributed by atoms with van der Waals surface area (Å²) in [5, 5.41) is 3.42. The molecule has 6 heteroatoms. The third-order valence-corrected chi connectivity index (χ3v) is 4.78. The van der Waals surface area contributed by atoms with Crippen LogP contribution in [-0.4, -0.2) is 48.1 Å². The molecule has 0 bridgehead atoms. The monoisotopic (exact) mass is 405 g/mol. The van der Waals surface area contributed by atoms with Crippen molar-refractivity contribution in [2.75, 3.05) is 27.2 Å². The molecular weight excluding hydrogens is 374 g/mol. The van der Waals surface area contributed by atoms with Gasteiger partial charge in [-0.15, -0.1) is 0 Å². The van der Waals surface area contributed by atoms with E-state index >= 15 is 0 Å². The number of benzene rings is 2. The van der Waals surface area contributed by atoms with Gasteiger partial charge in [-0.1, -0.05) is 60.7 Å². The highest BCUT2D eigenvalue weighted by Gasteiger charge is 2.09. The average Bonchev–Trinajstić information content (AvgIpc) is 3.25. The molecule has 0 amide bonds. The normalized spacial score (nSPS) is 11.5. The van der Waals surface area contributed by atoms with E-state index in [0.29, 0.717) is 13.2 Å². The fraction of sp³-hybridized carbons (Fsp3) is 0.333.